The zero-order chi connectivity index (χ0) is 19.6. The number of nitrogens with zero attached hydrogens (tertiary/aromatic N) is 2. The molecule has 1 amide bonds. The van der Waals surface area contributed by atoms with E-state index in [2.05, 4.69) is 4.90 Å². The summed E-state index contributed by atoms with van der Waals surface area (Å²) in [4.78, 5) is 16.6. The molecular formula is C20H21F3N2O2. The van der Waals surface area contributed by atoms with Gasteiger partial charge in [0.15, 0.2) is 0 Å². The van der Waals surface area contributed by atoms with E-state index in [9.17, 15) is 18.0 Å². The Labute approximate surface area is 156 Å². The van der Waals surface area contributed by atoms with Crippen molar-refractivity contribution in [3.63, 3.8) is 0 Å². The highest BCUT2D eigenvalue weighted by Crippen LogP contribution is 2.30. The van der Waals surface area contributed by atoms with E-state index < -0.39 is 11.7 Å². The molecule has 2 aromatic rings. The molecule has 1 aliphatic heterocycles. The number of likely N-dealkylation sites (N-methyl/N-ethyl adjacent to an activating group) is 1. The van der Waals surface area contributed by atoms with Crippen LogP contribution in [0.4, 0.5) is 13.2 Å². The smallest absolute Gasteiger partial charge is 0.416 e. The molecule has 0 aromatic heterocycles. The molecule has 0 N–H and O–H groups in total. The number of hydrogen-bond donors (Lipinski definition) is 0. The summed E-state index contributed by atoms with van der Waals surface area (Å²) in [6, 6.07) is 12.0. The SMILES string of the molecule is COc1cccc(C2CN(C(=O)c3ccc(C(F)(F)F)cc3)CCN2C)c1. The molecule has 27 heavy (non-hydrogen) atoms. The summed E-state index contributed by atoms with van der Waals surface area (Å²) < 4.78 is 43.4. The minimum Gasteiger partial charge on any atom is -0.497 e. The summed E-state index contributed by atoms with van der Waals surface area (Å²) >= 11 is 0. The molecule has 1 saturated heterocycles. The van der Waals surface area contributed by atoms with Gasteiger partial charge >= 0.3 is 6.18 Å². The molecule has 0 bridgehead atoms. The predicted octanol–water partition coefficient (Wildman–Crippen LogP) is 3.84. The van der Waals surface area contributed by atoms with E-state index in [0.29, 0.717) is 19.6 Å². The molecule has 0 radical (unpaired) electrons. The van der Waals surface area contributed by atoms with Crippen molar-refractivity contribution < 1.29 is 22.7 Å². The van der Waals surface area contributed by atoms with Gasteiger partial charge in [-0.05, 0) is 49.0 Å². The van der Waals surface area contributed by atoms with Crippen molar-refractivity contribution in [2.24, 2.45) is 0 Å². The van der Waals surface area contributed by atoms with E-state index in [-0.39, 0.29) is 17.5 Å². The molecule has 1 aliphatic rings. The first-order valence-corrected chi connectivity index (χ1v) is 8.60. The average molecular weight is 378 g/mol. The summed E-state index contributed by atoms with van der Waals surface area (Å²) in [5.74, 6) is 0.483. The van der Waals surface area contributed by atoms with Crippen LogP contribution in [0.1, 0.15) is 27.5 Å². The van der Waals surface area contributed by atoms with E-state index in [1.807, 2.05) is 31.3 Å². The van der Waals surface area contributed by atoms with E-state index >= 15 is 0 Å². The maximum atomic E-state index is 12.8. The molecule has 4 nitrogen and oxygen atoms in total. The minimum atomic E-state index is -4.41. The van der Waals surface area contributed by atoms with Gasteiger partial charge < -0.3 is 9.64 Å². The predicted molar refractivity (Wildman–Crippen MR) is 95.7 cm³/mol. The lowest BCUT2D eigenvalue weighted by atomic mass is 10.0. The molecule has 0 saturated carbocycles. The summed E-state index contributed by atoms with van der Waals surface area (Å²) in [5, 5.41) is 0. The lowest BCUT2D eigenvalue weighted by Gasteiger charge is -2.39. The van der Waals surface area contributed by atoms with Crippen LogP contribution in [0.3, 0.4) is 0 Å². The maximum absolute atomic E-state index is 12.8. The third-order valence-corrected chi connectivity index (χ3v) is 4.87. The first-order valence-electron chi connectivity index (χ1n) is 8.60. The van der Waals surface area contributed by atoms with E-state index in [1.54, 1.807) is 12.0 Å². The van der Waals surface area contributed by atoms with Gasteiger partial charge in [-0.25, -0.2) is 0 Å². The Morgan fingerprint density at radius 3 is 2.44 bits per heavy atom. The molecule has 1 fully saturated rings. The van der Waals surface area contributed by atoms with Crippen LogP contribution in [0, 0.1) is 0 Å². The fourth-order valence-corrected chi connectivity index (χ4v) is 3.25. The number of methoxy groups -OCH3 is 1. The summed E-state index contributed by atoms with van der Waals surface area (Å²) in [5.41, 5.74) is 0.533. The maximum Gasteiger partial charge on any atom is 0.416 e. The number of amides is 1. The van der Waals surface area contributed by atoms with E-state index in [1.165, 1.54) is 12.1 Å². The Morgan fingerprint density at radius 2 is 1.81 bits per heavy atom. The Kier molecular flexibility index (Phi) is 5.41. The average Bonchev–Trinajstić information content (AvgIpc) is 2.67. The van der Waals surface area contributed by atoms with Gasteiger partial charge in [0.2, 0.25) is 0 Å². The van der Waals surface area contributed by atoms with Gasteiger partial charge in [-0.3, -0.25) is 9.69 Å². The van der Waals surface area contributed by atoms with E-state index in [4.69, 9.17) is 4.74 Å². The number of halogens is 3. The second-order valence-electron chi connectivity index (χ2n) is 6.60. The highest BCUT2D eigenvalue weighted by atomic mass is 19.4. The van der Waals surface area contributed by atoms with Gasteiger partial charge in [0, 0.05) is 25.2 Å². The largest absolute Gasteiger partial charge is 0.497 e. The Hall–Kier alpha value is -2.54. The van der Waals surface area contributed by atoms with Gasteiger partial charge in [0.05, 0.1) is 18.7 Å². The molecule has 1 unspecified atom stereocenters. The Bertz CT molecular complexity index is 806. The molecule has 144 valence electrons. The van der Waals surface area contributed by atoms with Crippen molar-refractivity contribution in [1.82, 2.24) is 9.80 Å². The standard InChI is InChI=1S/C20H21F3N2O2/c1-24-10-11-25(13-18(24)15-4-3-5-17(12-15)27-2)19(26)14-6-8-16(9-7-14)20(21,22)23/h3-9,12,18H,10-11,13H2,1-2H3. The minimum absolute atomic E-state index is 0.00718. The molecule has 0 aliphatic carbocycles. The number of alkyl halides is 3. The van der Waals surface area contributed by atoms with Crippen LogP contribution in [0.2, 0.25) is 0 Å². The van der Waals surface area contributed by atoms with Crippen molar-refractivity contribution in [1.29, 1.82) is 0 Å². The van der Waals surface area contributed by atoms with Crippen LogP contribution < -0.4 is 4.74 Å². The first kappa shape index (κ1) is 19.2. The fraction of sp³-hybridized carbons (Fsp3) is 0.350. The van der Waals surface area contributed by atoms with Crippen LogP contribution >= 0.6 is 0 Å². The van der Waals surface area contributed by atoms with Crippen molar-refractivity contribution in [3.8, 4) is 5.75 Å². The fourth-order valence-electron chi connectivity index (χ4n) is 3.25. The highest BCUT2D eigenvalue weighted by Gasteiger charge is 2.32. The van der Waals surface area contributed by atoms with Gasteiger partial charge in [-0.2, -0.15) is 13.2 Å². The molecule has 7 heteroatoms. The monoisotopic (exact) mass is 378 g/mol. The van der Waals surface area contributed by atoms with Gasteiger partial charge in [0.1, 0.15) is 5.75 Å². The summed E-state index contributed by atoms with van der Waals surface area (Å²) in [6.45, 7) is 1.66. The Balaban J connectivity index is 1.77. The van der Waals surface area contributed by atoms with Gasteiger partial charge in [-0.1, -0.05) is 12.1 Å². The molecule has 3 rings (SSSR count). The first-order chi connectivity index (χ1) is 12.8. The Morgan fingerprint density at radius 1 is 1.11 bits per heavy atom. The molecule has 0 spiro atoms. The van der Waals surface area contributed by atoms with Crippen molar-refractivity contribution >= 4 is 5.91 Å². The molecule has 1 heterocycles. The number of hydrogen-bond acceptors (Lipinski definition) is 3. The van der Waals surface area contributed by atoms with Gasteiger partial charge in [0.25, 0.3) is 5.91 Å². The van der Waals surface area contributed by atoms with Crippen molar-refractivity contribution in [2.75, 3.05) is 33.8 Å². The number of carbonyl (C=O) groups is 1. The quantitative estimate of drug-likeness (QED) is 0.814. The zero-order valence-corrected chi connectivity index (χ0v) is 15.2. The number of carbonyl (C=O) groups excluding carboxylic acids is 1. The van der Waals surface area contributed by atoms with Crippen LogP contribution in [0.25, 0.3) is 0 Å². The van der Waals surface area contributed by atoms with Crippen LogP contribution in [-0.4, -0.2) is 49.5 Å². The third kappa shape index (κ3) is 4.24. The number of piperazine rings is 1. The summed E-state index contributed by atoms with van der Waals surface area (Å²) in [6.07, 6.45) is -4.41. The molecular weight excluding hydrogens is 357 g/mol. The van der Waals surface area contributed by atoms with E-state index in [0.717, 1.165) is 23.4 Å². The number of ether oxygens (including phenoxy) is 1. The highest BCUT2D eigenvalue weighted by molar-refractivity contribution is 5.94. The normalized spacial score (nSPS) is 18.4. The van der Waals surface area contributed by atoms with Crippen LogP contribution in [0.15, 0.2) is 48.5 Å². The van der Waals surface area contributed by atoms with Gasteiger partial charge in [-0.15, -0.1) is 0 Å². The topological polar surface area (TPSA) is 32.8 Å². The summed E-state index contributed by atoms with van der Waals surface area (Å²) in [7, 11) is 3.59. The lowest BCUT2D eigenvalue weighted by Crippen LogP contribution is -2.49. The molecule has 1 atom stereocenters. The second-order valence-corrected chi connectivity index (χ2v) is 6.60. The lowest BCUT2D eigenvalue weighted by molar-refractivity contribution is -0.137. The zero-order valence-electron chi connectivity index (χ0n) is 15.2. The number of benzene rings is 2. The number of rotatable bonds is 3. The third-order valence-electron chi connectivity index (χ3n) is 4.87. The van der Waals surface area contributed by atoms with Crippen LogP contribution in [-0.2, 0) is 6.18 Å². The second kappa shape index (κ2) is 7.60. The van der Waals surface area contributed by atoms with Crippen molar-refractivity contribution in [3.05, 3.63) is 65.2 Å². The van der Waals surface area contributed by atoms with Crippen molar-refractivity contribution in [2.45, 2.75) is 12.2 Å². The van der Waals surface area contributed by atoms with Crippen LogP contribution in [0.5, 0.6) is 5.75 Å². The molecule has 2 aromatic carbocycles.